The van der Waals surface area contributed by atoms with Crippen LogP contribution in [0.4, 0.5) is 5.69 Å². The zero-order valence-electron chi connectivity index (χ0n) is 15.0. The van der Waals surface area contributed by atoms with Gasteiger partial charge in [-0.2, -0.15) is 0 Å². The number of hydrogen-bond acceptors (Lipinski definition) is 3. The van der Waals surface area contributed by atoms with Crippen LogP contribution in [-0.4, -0.2) is 53.8 Å². The molecule has 1 atom stereocenters. The molecule has 7 heteroatoms. The average Bonchev–Trinajstić information content (AvgIpc) is 3.17. The van der Waals surface area contributed by atoms with Crippen molar-refractivity contribution in [2.75, 3.05) is 31.5 Å². The summed E-state index contributed by atoms with van der Waals surface area (Å²) in [7, 11) is 0. The summed E-state index contributed by atoms with van der Waals surface area (Å²) in [4.78, 5) is 29.2. The number of carbonyl (C=O) groups is 2. The molecule has 1 N–H and O–H groups in total. The maximum Gasteiger partial charge on any atom is 0.241 e. The Balaban J connectivity index is 1.51. The first kappa shape index (κ1) is 19.5. The molecule has 5 nitrogen and oxygen atoms in total. The molecule has 2 saturated heterocycles. The average molecular weight is 398 g/mol. The van der Waals surface area contributed by atoms with Gasteiger partial charge in [0.15, 0.2) is 0 Å². The topological polar surface area (TPSA) is 52.7 Å². The van der Waals surface area contributed by atoms with Crippen LogP contribution in [0.1, 0.15) is 32.6 Å². The molecular weight excluding hydrogens is 373 g/mol. The first-order chi connectivity index (χ1) is 12.5. The van der Waals surface area contributed by atoms with Crippen molar-refractivity contribution in [3.63, 3.8) is 0 Å². The number of anilines is 1. The number of nitrogens with one attached hydrogen (secondary N) is 1. The number of amides is 2. The minimum atomic E-state index is -0.274. The Morgan fingerprint density at radius 2 is 1.77 bits per heavy atom. The predicted octanol–water partition coefficient (Wildman–Crippen LogP) is 3.65. The largest absolute Gasteiger partial charge is 0.342 e. The lowest BCUT2D eigenvalue weighted by atomic mass is 9.94. The fraction of sp³-hybridized carbons (Fsp3) is 0.579. The van der Waals surface area contributed by atoms with Gasteiger partial charge in [0.05, 0.1) is 16.8 Å². The van der Waals surface area contributed by atoms with E-state index < -0.39 is 0 Å². The Hall–Kier alpha value is -1.30. The number of halogens is 2. The third kappa shape index (κ3) is 4.51. The normalized spacial score (nSPS) is 20.2. The van der Waals surface area contributed by atoms with Crippen LogP contribution in [0, 0.1) is 5.92 Å². The summed E-state index contributed by atoms with van der Waals surface area (Å²) >= 11 is 12.0. The molecule has 0 aliphatic carbocycles. The molecule has 3 rings (SSSR count). The molecule has 0 spiro atoms. The summed E-state index contributed by atoms with van der Waals surface area (Å²) in [6.45, 7) is 5.21. The number of carbonyl (C=O) groups excluding carboxylic acids is 2. The van der Waals surface area contributed by atoms with Crippen LogP contribution >= 0.6 is 23.2 Å². The van der Waals surface area contributed by atoms with Gasteiger partial charge in [0, 0.05) is 24.0 Å². The monoisotopic (exact) mass is 397 g/mol. The Morgan fingerprint density at radius 3 is 2.38 bits per heavy atom. The molecule has 0 saturated carbocycles. The lowest BCUT2D eigenvalue weighted by Crippen LogP contribution is -2.48. The highest BCUT2D eigenvalue weighted by Crippen LogP contribution is 2.27. The molecule has 2 heterocycles. The maximum atomic E-state index is 12.6. The minimum Gasteiger partial charge on any atom is -0.342 e. The van der Waals surface area contributed by atoms with Crippen LogP contribution in [0.5, 0.6) is 0 Å². The highest BCUT2D eigenvalue weighted by atomic mass is 35.5. The standard InChI is InChI=1S/C19H25Cl2N3O2/c1-13(18(25)22-17-5-4-15(20)12-16(17)21)23-10-6-14(7-11-23)19(26)24-8-2-3-9-24/h4-5,12-14H,2-3,6-11H2,1H3,(H,22,25). The molecule has 2 fully saturated rings. The smallest absolute Gasteiger partial charge is 0.241 e. The van der Waals surface area contributed by atoms with Crippen LogP contribution in [0.2, 0.25) is 10.0 Å². The van der Waals surface area contributed by atoms with E-state index in [0.717, 1.165) is 51.9 Å². The lowest BCUT2D eigenvalue weighted by Gasteiger charge is -2.36. The third-order valence-electron chi connectivity index (χ3n) is 5.41. The predicted molar refractivity (Wildman–Crippen MR) is 105 cm³/mol. The first-order valence-electron chi connectivity index (χ1n) is 9.24. The number of rotatable bonds is 4. The van der Waals surface area contributed by atoms with Gasteiger partial charge < -0.3 is 10.2 Å². The molecule has 26 heavy (non-hydrogen) atoms. The van der Waals surface area contributed by atoms with Gasteiger partial charge in [-0.15, -0.1) is 0 Å². The molecule has 142 valence electrons. The highest BCUT2D eigenvalue weighted by molar-refractivity contribution is 6.36. The van der Waals surface area contributed by atoms with Gasteiger partial charge >= 0.3 is 0 Å². The fourth-order valence-electron chi connectivity index (χ4n) is 3.72. The Labute approximate surface area is 164 Å². The molecule has 2 aliphatic heterocycles. The minimum absolute atomic E-state index is 0.0986. The van der Waals surface area contributed by atoms with Crippen LogP contribution in [0.25, 0.3) is 0 Å². The van der Waals surface area contributed by atoms with Gasteiger partial charge in [0.25, 0.3) is 0 Å². The van der Waals surface area contributed by atoms with Gasteiger partial charge in [-0.3, -0.25) is 14.5 Å². The Kier molecular flexibility index (Phi) is 6.43. The summed E-state index contributed by atoms with van der Waals surface area (Å²) in [5, 5.41) is 3.82. The van der Waals surface area contributed by atoms with Crippen LogP contribution in [0.3, 0.4) is 0 Å². The van der Waals surface area contributed by atoms with Crippen molar-refractivity contribution in [2.24, 2.45) is 5.92 Å². The van der Waals surface area contributed by atoms with E-state index in [-0.39, 0.29) is 17.9 Å². The van der Waals surface area contributed by atoms with E-state index in [0.29, 0.717) is 21.6 Å². The van der Waals surface area contributed by atoms with Crippen LogP contribution in [-0.2, 0) is 9.59 Å². The molecule has 2 aliphatic rings. The molecule has 2 amide bonds. The quantitative estimate of drug-likeness (QED) is 0.843. The fourth-order valence-corrected chi connectivity index (χ4v) is 4.18. The Bertz CT molecular complexity index is 669. The van der Waals surface area contributed by atoms with E-state index >= 15 is 0 Å². The van der Waals surface area contributed by atoms with E-state index in [1.165, 1.54) is 0 Å². The molecule has 1 unspecified atom stereocenters. The van der Waals surface area contributed by atoms with Gasteiger partial charge in [-0.1, -0.05) is 23.2 Å². The SMILES string of the molecule is CC(C(=O)Nc1ccc(Cl)cc1Cl)N1CCC(C(=O)N2CCCC2)CC1. The summed E-state index contributed by atoms with van der Waals surface area (Å²) in [5.74, 6) is 0.302. The third-order valence-corrected chi connectivity index (χ3v) is 5.96. The summed E-state index contributed by atoms with van der Waals surface area (Å²) in [6, 6.07) is 4.74. The van der Waals surface area contributed by atoms with E-state index in [4.69, 9.17) is 23.2 Å². The number of nitrogens with zero attached hydrogens (tertiary/aromatic N) is 2. The van der Waals surface area contributed by atoms with Crippen LogP contribution < -0.4 is 5.32 Å². The molecule has 1 aromatic carbocycles. The summed E-state index contributed by atoms with van der Waals surface area (Å²) < 4.78 is 0. The van der Waals surface area contributed by atoms with E-state index in [1.54, 1.807) is 18.2 Å². The van der Waals surface area contributed by atoms with E-state index in [9.17, 15) is 9.59 Å². The van der Waals surface area contributed by atoms with Crippen molar-refractivity contribution in [1.82, 2.24) is 9.80 Å². The molecule has 0 radical (unpaired) electrons. The number of likely N-dealkylation sites (tertiary alicyclic amines) is 2. The summed E-state index contributed by atoms with van der Waals surface area (Å²) in [5.41, 5.74) is 0.562. The van der Waals surface area contributed by atoms with Gasteiger partial charge in [0.1, 0.15) is 0 Å². The van der Waals surface area contributed by atoms with Crippen molar-refractivity contribution >= 4 is 40.7 Å². The first-order valence-corrected chi connectivity index (χ1v) is 10.00. The van der Waals surface area contributed by atoms with Crippen molar-refractivity contribution in [1.29, 1.82) is 0 Å². The van der Waals surface area contributed by atoms with E-state index in [1.807, 2.05) is 11.8 Å². The number of piperidine rings is 1. The Morgan fingerprint density at radius 1 is 1.12 bits per heavy atom. The second kappa shape index (κ2) is 8.59. The van der Waals surface area contributed by atoms with Crippen molar-refractivity contribution in [2.45, 2.75) is 38.6 Å². The van der Waals surface area contributed by atoms with Crippen molar-refractivity contribution < 1.29 is 9.59 Å². The maximum absolute atomic E-state index is 12.6. The van der Waals surface area contributed by atoms with Gasteiger partial charge in [-0.05, 0) is 63.9 Å². The molecule has 0 bridgehead atoms. The molecule has 1 aromatic rings. The van der Waals surface area contributed by atoms with E-state index in [2.05, 4.69) is 10.2 Å². The molecule has 0 aromatic heterocycles. The van der Waals surface area contributed by atoms with Crippen LogP contribution in [0.15, 0.2) is 18.2 Å². The number of hydrogen-bond donors (Lipinski definition) is 1. The zero-order chi connectivity index (χ0) is 18.7. The van der Waals surface area contributed by atoms with Gasteiger partial charge in [-0.25, -0.2) is 0 Å². The van der Waals surface area contributed by atoms with Crippen molar-refractivity contribution in [3.8, 4) is 0 Å². The second-order valence-electron chi connectivity index (χ2n) is 7.13. The highest BCUT2D eigenvalue weighted by Gasteiger charge is 2.32. The zero-order valence-corrected chi connectivity index (χ0v) is 16.5. The lowest BCUT2D eigenvalue weighted by molar-refractivity contribution is -0.136. The summed E-state index contributed by atoms with van der Waals surface area (Å²) in [6.07, 6.45) is 3.87. The number of benzene rings is 1. The van der Waals surface area contributed by atoms with Crippen molar-refractivity contribution in [3.05, 3.63) is 28.2 Å². The molecular formula is C19H25Cl2N3O2. The second-order valence-corrected chi connectivity index (χ2v) is 7.98. The van der Waals surface area contributed by atoms with Gasteiger partial charge in [0.2, 0.25) is 11.8 Å².